The lowest BCUT2D eigenvalue weighted by Gasteiger charge is -2.22. The number of aliphatic hydroxyl groups excluding tert-OH is 1. The molecule has 0 aromatic carbocycles. The zero-order valence-corrected chi connectivity index (χ0v) is 21.8. The molecule has 0 saturated carbocycles. The second kappa shape index (κ2) is 12.3. The summed E-state index contributed by atoms with van der Waals surface area (Å²) >= 11 is 0. The number of carbonyl (C=O) groups is 5. The van der Waals surface area contributed by atoms with Crippen LogP contribution in [0, 0.1) is 10.8 Å². The lowest BCUT2D eigenvalue weighted by Crippen LogP contribution is -2.23. The van der Waals surface area contributed by atoms with Crippen molar-refractivity contribution in [1.29, 1.82) is 0 Å². The molecule has 0 unspecified atom stereocenters. The molecule has 7 heteroatoms. The van der Waals surface area contributed by atoms with E-state index < -0.39 is 11.4 Å². The molecule has 0 amide bonds. The maximum atomic E-state index is 12.9. The molecule has 0 radical (unpaired) electrons. The third-order valence-electron chi connectivity index (χ3n) is 6.88. The van der Waals surface area contributed by atoms with Gasteiger partial charge in [0.2, 0.25) is 0 Å². The molecule has 196 valence electrons. The van der Waals surface area contributed by atoms with Crippen LogP contribution in [-0.4, -0.2) is 45.9 Å². The Hall–Kier alpha value is -2.93. The smallest absolute Gasteiger partial charge is 0.309 e. The van der Waals surface area contributed by atoms with Gasteiger partial charge in [-0.3, -0.25) is 24.0 Å². The highest BCUT2D eigenvalue weighted by Gasteiger charge is 2.28. The van der Waals surface area contributed by atoms with E-state index in [-0.39, 0.29) is 35.2 Å². The molecule has 0 spiro atoms. The van der Waals surface area contributed by atoms with E-state index in [2.05, 4.69) is 0 Å². The summed E-state index contributed by atoms with van der Waals surface area (Å²) in [5, 5.41) is 18.6. The van der Waals surface area contributed by atoms with Gasteiger partial charge in [-0.1, -0.05) is 13.8 Å². The van der Waals surface area contributed by atoms with Crippen molar-refractivity contribution >= 4 is 29.1 Å². The van der Waals surface area contributed by atoms with E-state index in [0.717, 1.165) is 6.42 Å². The van der Waals surface area contributed by atoms with Crippen LogP contribution in [0.25, 0.3) is 0 Å². The summed E-state index contributed by atoms with van der Waals surface area (Å²) in [6.07, 6.45) is 9.54. The molecule has 0 aliphatic heterocycles. The van der Waals surface area contributed by atoms with E-state index in [1.54, 1.807) is 13.8 Å². The highest BCUT2D eigenvalue weighted by atomic mass is 16.4. The third kappa shape index (κ3) is 8.33. The average Bonchev–Trinajstić information content (AvgIpc) is 2.79. The summed E-state index contributed by atoms with van der Waals surface area (Å²) in [5.74, 6) is -1.76. The standard InChI is InChI=1S/C29H38O7/c1-28(2,18-30)12-6-10-21-16-23(31)14-19(25(21)33)8-5-9-20-15-24(32)17-22(26(20)34)11-7-13-29(3,4)27(35)36/h14-17,30H,5-13,18H2,1-4H3,(H,35,36). The Morgan fingerprint density at radius 3 is 1.39 bits per heavy atom. The van der Waals surface area contributed by atoms with Crippen molar-refractivity contribution in [3.63, 3.8) is 0 Å². The van der Waals surface area contributed by atoms with Gasteiger partial charge in [0.05, 0.1) is 5.41 Å². The van der Waals surface area contributed by atoms with Crippen LogP contribution in [0.1, 0.15) is 85.5 Å². The number of ketones is 4. The Labute approximate surface area is 213 Å². The van der Waals surface area contributed by atoms with Crippen LogP contribution in [0.3, 0.4) is 0 Å². The van der Waals surface area contributed by atoms with Gasteiger partial charge in [-0.05, 0) is 101 Å². The molecule has 2 aliphatic rings. The lowest BCUT2D eigenvalue weighted by atomic mass is 9.83. The van der Waals surface area contributed by atoms with Gasteiger partial charge in [0.1, 0.15) is 0 Å². The van der Waals surface area contributed by atoms with Gasteiger partial charge in [-0.25, -0.2) is 0 Å². The number of aliphatic carboxylic acids is 1. The molecule has 0 aromatic rings. The van der Waals surface area contributed by atoms with Crippen molar-refractivity contribution in [3.8, 4) is 0 Å². The average molecular weight is 499 g/mol. The quantitative estimate of drug-likeness (QED) is 0.334. The Balaban J connectivity index is 1.90. The normalized spacial score (nSPS) is 17.0. The fraction of sp³-hybridized carbons (Fsp3) is 0.552. The molecule has 0 fully saturated rings. The van der Waals surface area contributed by atoms with E-state index in [1.807, 2.05) is 13.8 Å². The maximum Gasteiger partial charge on any atom is 0.309 e. The first-order valence-electron chi connectivity index (χ1n) is 12.6. The van der Waals surface area contributed by atoms with Gasteiger partial charge in [-0.15, -0.1) is 0 Å². The highest BCUT2D eigenvalue weighted by molar-refractivity contribution is 6.21. The number of carboxylic acids is 1. The summed E-state index contributed by atoms with van der Waals surface area (Å²) in [4.78, 5) is 61.3. The first-order valence-corrected chi connectivity index (χ1v) is 12.6. The zero-order chi connectivity index (χ0) is 27.1. The summed E-state index contributed by atoms with van der Waals surface area (Å²) in [6, 6.07) is 0. The van der Waals surface area contributed by atoms with Gasteiger partial charge in [-0.2, -0.15) is 0 Å². The monoisotopic (exact) mass is 498 g/mol. The predicted molar refractivity (Wildman–Crippen MR) is 136 cm³/mol. The molecular formula is C29H38O7. The summed E-state index contributed by atoms with van der Waals surface area (Å²) < 4.78 is 0. The minimum Gasteiger partial charge on any atom is -0.481 e. The Morgan fingerprint density at radius 1 is 0.667 bits per heavy atom. The third-order valence-corrected chi connectivity index (χ3v) is 6.88. The van der Waals surface area contributed by atoms with E-state index in [9.17, 15) is 34.2 Å². The van der Waals surface area contributed by atoms with Crippen LogP contribution in [0.5, 0.6) is 0 Å². The SMILES string of the molecule is CC(C)(CO)CCCC1=CC(=O)C=C(CCCC2=CC(=O)C=C(CCCC(C)(C)C(=O)O)C2=O)C1=O. The molecule has 0 bridgehead atoms. The van der Waals surface area contributed by atoms with E-state index in [0.29, 0.717) is 73.7 Å². The molecule has 0 heterocycles. The minimum atomic E-state index is -0.903. The van der Waals surface area contributed by atoms with Gasteiger partial charge in [0.25, 0.3) is 0 Å². The maximum absolute atomic E-state index is 12.9. The fourth-order valence-corrected chi connectivity index (χ4v) is 4.32. The van der Waals surface area contributed by atoms with Crippen LogP contribution in [0.2, 0.25) is 0 Å². The van der Waals surface area contributed by atoms with Crippen LogP contribution < -0.4 is 0 Å². The molecule has 2 rings (SSSR count). The van der Waals surface area contributed by atoms with Crippen molar-refractivity contribution < 1.29 is 34.2 Å². The van der Waals surface area contributed by atoms with E-state index in [4.69, 9.17) is 0 Å². The van der Waals surface area contributed by atoms with E-state index in [1.165, 1.54) is 24.3 Å². The number of hydrogen-bond donors (Lipinski definition) is 2. The first kappa shape index (κ1) is 29.3. The largest absolute Gasteiger partial charge is 0.481 e. The first-order chi connectivity index (χ1) is 16.8. The predicted octanol–water partition coefficient (Wildman–Crippen LogP) is 4.64. The lowest BCUT2D eigenvalue weighted by molar-refractivity contribution is -0.147. The van der Waals surface area contributed by atoms with Crippen LogP contribution >= 0.6 is 0 Å². The number of allylic oxidation sites excluding steroid dienone is 8. The molecule has 0 aromatic heterocycles. The Morgan fingerprint density at radius 2 is 1.03 bits per heavy atom. The van der Waals surface area contributed by atoms with Gasteiger partial charge < -0.3 is 10.2 Å². The van der Waals surface area contributed by atoms with Gasteiger partial charge in [0.15, 0.2) is 23.1 Å². The second-order valence-corrected chi connectivity index (χ2v) is 11.2. The molecule has 0 atom stereocenters. The summed E-state index contributed by atoms with van der Waals surface area (Å²) in [7, 11) is 0. The number of Topliss-reactive ketones (excluding diaryl/α,β-unsaturated/α-hetero) is 2. The summed E-state index contributed by atoms with van der Waals surface area (Å²) in [6.45, 7) is 7.21. The van der Waals surface area contributed by atoms with Crippen molar-refractivity contribution in [2.24, 2.45) is 10.8 Å². The number of aliphatic hydroxyl groups is 1. The van der Waals surface area contributed by atoms with Crippen LogP contribution in [-0.2, 0) is 24.0 Å². The van der Waals surface area contributed by atoms with Crippen molar-refractivity contribution in [3.05, 3.63) is 46.6 Å². The van der Waals surface area contributed by atoms with Gasteiger partial charge >= 0.3 is 5.97 Å². The van der Waals surface area contributed by atoms with Crippen LogP contribution in [0.4, 0.5) is 0 Å². The van der Waals surface area contributed by atoms with Crippen molar-refractivity contribution in [2.45, 2.75) is 85.5 Å². The Bertz CT molecular complexity index is 1050. The van der Waals surface area contributed by atoms with Gasteiger partial charge in [0, 0.05) is 28.9 Å². The molecule has 2 N–H and O–H groups in total. The topological polar surface area (TPSA) is 126 Å². The van der Waals surface area contributed by atoms with Crippen molar-refractivity contribution in [1.82, 2.24) is 0 Å². The number of carbonyl (C=O) groups excluding carboxylic acids is 4. The molecule has 2 aliphatic carbocycles. The number of carboxylic acid groups (broad SMARTS) is 1. The van der Waals surface area contributed by atoms with Crippen molar-refractivity contribution in [2.75, 3.05) is 6.61 Å². The molecule has 36 heavy (non-hydrogen) atoms. The molecule has 0 saturated heterocycles. The zero-order valence-electron chi connectivity index (χ0n) is 21.8. The highest BCUT2D eigenvalue weighted by Crippen LogP contribution is 2.29. The second-order valence-electron chi connectivity index (χ2n) is 11.2. The molecule has 7 nitrogen and oxygen atoms in total. The summed E-state index contributed by atoms with van der Waals surface area (Å²) in [5.41, 5.74) is 0.522. The minimum absolute atomic E-state index is 0.0539. The number of rotatable bonds is 14. The van der Waals surface area contributed by atoms with E-state index >= 15 is 0 Å². The fourth-order valence-electron chi connectivity index (χ4n) is 4.32. The van der Waals surface area contributed by atoms with Crippen LogP contribution in [0.15, 0.2) is 46.6 Å². The molecular weight excluding hydrogens is 460 g/mol. The number of hydrogen-bond acceptors (Lipinski definition) is 6. The Kier molecular flexibility index (Phi) is 10.1.